The van der Waals surface area contributed by atoms with Crippen LogP contribution in [0.2, 0.25) is 5.02 Å². The minimum atomic E-state index is -3.36. The summed E-state index contributed by atoms with van der Waals surface area (Å²) in [6.45, 7) is 3.88. The summed E-state index contributed by atoms with van der Waals surface area (Å²) in [7, 11) is -3.36. The van der Waals surface area contributed by atoms with Gasteiger partial charge >= 0.3 is 0 Å². The third kappa shape index (κ3) is 4.32. The fourth-order valence-electron chi connectivity index (χ4n) is 2.19. The van der Waals surface area contributed by atoms with E-state index < -0.39 is 9.84 Å². The van der Waals surface area contributed by atoms with Crippen molar-refractivity contribution in [2.24, 2.45) is 0 Å². The summed E-state index contributed by atoms with van der Waals surface area (Å²) < 4.78 is 23.1. The highest BCUT2D eigenvalue weighted by atomic mass is 35.5. The van der Waals surface area contributed by atoms with E-state index in [-0.39, 0.29) is 39.8 Å². The molecule has 1 atom stereocenters. The average molecular weight is 353 g/mol. The van der Waals surface area contributed by atoms with E-state index >= 15 is 0 Å². The smallest absolute Gasteiger partial charge is 0.255 e. The van der Waals surface area contributed by atoms with Gasteiger partial charge in [-0.05, 0) is 25.1 Å². The van der Waals surface area contributed by atoms with Crippen LogP contribution in [0.15, 0.2) is 23.1 Å². The molecule has 0 aromatic heterocycles. The van der Waals surface area contributed by atoms with Gasteiger partial charge in [-0.25, -0.2) is 8.42 Å². The van der Waals surface area contributed by atoms with Crippen LogP contribution in [0.5, 0.6) is 0 Å². The Balaban J connectivity index is 0.00000220. The second-order valence-corrected chi connectivity index (χ2v) is 7.44. The van der Waals surface area contributed by atoms with Crippen molar-refractivity contribution in [2.45, 2.75) is 17.9 Å². The van der Waals surface area contributed by atoms with Gasteiger partial charge in [0.25, 0.3) is 5.91 Å². The van der Waals surface area contributed by atoms with Gasteiger partial charge in [0.1, 0.15) is 0 Å². The number of carbonyl (C=O) groups is 1. The summed E-state index contributed by atoms with van der Waals surface area (Å²) in [5.74, 6) is -0.228. The molecule has 1 unspecified atom stereocenters. The van der Waals surface area contributed by atoms with Crippen LogP contribution in [-0.2, 0) is 9.84 Å². The van der Waals surface area contributed by atoms with Crippen molar-refractivity contribution in [3.63, 3.8) is 0 Å². The molecule has 1 aliphatic rings. The second-order valence-electron chi connectivity index (χ2n) is 5.02. The molecular weight excluding hydrogens is 335 g/mol. The molecule has 0 bridgehead atoms. The maximum absolute atomic E-state index is 12.5. The summed E-state index contributed by atoms with van der Waals surface area (Å²) in [5, 5.41) is 3.52. The van der Waals surface area contributed by atoms with E-state index in [1.807, 2.05) is 6.92 Å². The van der Waals surface area contributed by atoms with Crippen LogP contribution in [0.4, 0.5) is 0 Å². The molecule has 1 amide bonds. The highest BCUT2D eigenvalue weighted by molar-refractivity contribution is 7.90. The zero-order valence-corrected chi connectivity index (χ0v) is 14.2. The van der Waals surface area contributed by atoms with Gasteiger partial charge in [-0.15, -0.1) is 12.4 Å². The molecular formula is C13H18Cl2N2O3S. The maximum atomic E-state index is 12.5. The van der Waals surface area contributed by atoms with Crippen LogP contribution in [0.3, 0.4) is 0 Å². The first-order chi connectivity index (χ1) is 9.29. The zero-order chi connectivity index (χ0) is 14.9. The van der Waals surface area contributed by atoms with Crippen LogP contribution in [0.25, 0.3) is 0 Å². The van der Waals surface area contributed by atoms with Gasteiger partial charge in [-0.2, -0.15) is 0 Å². The molecule has 1 saturated heterocycles. The van der Waals surface area contributed by atoms with E-state index in [2.05, 4.69) is 5.32 Å². The number of nitrogens with one attached hydrogen (secondary N) is 1. The Morgan fingerprint density at radius 3 is 2.67 bits per heavy atom. The lowest BCUT2D eigenvalue weighted by Gasteiger charge is -2.32. The predicted octanol–water partition coefficient (Wildman–Crippen LogP) is 1.60. The fraction of sp³-hybridized carbons (Fsp3) is 0.462. The average Bonchev–Trinajstić information content (AvgIpc) is 2.37. The molecule has 1 N–H and O–H groups in total. The zero-order valence-electron chi connectivity index (χ0n) is 11.8. The van der Waals surface area contributed by atoms with Crippen LogP contribution in [0, 0.1) is 0 Å². The molecule has 1 aliphatic heterocycles. The van der Waals surface area contributed by atoms with Gasteiger partial charge in [0.05, 0.1) is 15.5 Å². The normalized spacial score (nSPS) is 19.0. The molecule has 1 aromatic carbocycles. The molecule has 0 saturated carbocycles. The number of rotatable bonds is 2. The van der Waals surface area contributed by atoms with Crippen molar-refractivity contribution in [3.8, 4) is 0 Å². The lowest BCUT2D eigenvalue weighted by molar-refractivity contribution is 0.0709. The third-order valence-corrected chi connectivity index (χ3v) is 4.69. The molecule has 1 fully saturated rings. The molecule has 0 radical (unpaired) electrons. The van der Waals surface area contributed by atoms with Crippen molar-refractivity contribution >= 4 is 39.8 Å². The Labute approximate surface area is 136 Å². The van der Waals surface area contributed by atoms with Gasteiger partial charge in [0, 0.05) is 31.9 Å². The number of benzene rings is 1. The predicted molar refractivity (Wildman–Crippen MR) is 85.2 cm³/mol. The van der Waals surface area contributed by atoms with E-state index in [0.717, 1.165) is 12.8 Å². The summed E-state index contributed by atoms with van der Waals surface area (Å²) in [5.41, 5.74) is 0.240. The molecule has 5 nitrogen and oxygen atoms in total. The molecule has 8 heteroatoms. The van der Waals surface area contributed by atoms with Gasteiger partial charge in [0.2, 0.25) is 0 Å². The highest BCUT2D eigenvalue weighted by Crippen LogP contribution is 2.22. The van der Waals surface area contributed by atoms with Crippen LogP contribution in [0.1, 0.15) is 17.3 Å². The number of carbonyl (C=O) groups excluding carboxylic acids is 1. The number of halogens is 2. The summed E-state index contributed by atoms with van der Waals surface area (Å²) in [6, 6.07) is 4.43. The van der Waals surface area contributed by atoms with Crippen molar-refractivity contribution in [1.82, 2.24) is 10.2 Å². The van der Waals surface area contributed by atoms with E-state index in [4.69, 9.17) is 11.6 Å². The minimum absolute atomic E-state index is 0. The van der Waals surface area contributed by atoms with Crippen molar-refractivity contribution < 1.29 is 13.2 Å². The van der Waals surface area contributed by atoms with Crippen LogP contribution in [-0.4, -0.2) is 51.2 Å². The quantitative estimate of drug-likeness (QED) is 0.877. The first-order valence-corrected chi connectivity index (χ1v) is 8.58. The Bertz CT molecular complexity index is 634. The van der Waals surface area contributed by atoms with Gasteiger partial charge in [-0.3, -0.25) is 4.79 Å². The Hall–Kier alpha value is -0.820. The lowest BCUT2D eigenvalue weighted by atomic mass is 10.1. The molecule has 0 aliphatic carbocycles. The number of sulfone groups is 1. The minimum Gasteiger partial charge on any atom is -0.336 e. The summed E-state index contributed by atoms with van der Waals surface area (Å²) in [6.07, 6.45) is 1.11. The van der Waals surface area contributed by atoms with E-state index in [9.17, 15) is 13.2 Å². The van der Waals surface area contributed by atoms with E-state index in [1.54, 1.807) is 4.90 Å². The van der Waals surface area contributed by atoms with E-state index in [1.165, 1.54) is 18.2 Å². The van der Waals surface area contributed by atoms with E-state index in [0.29, 0.717) is 13.1 Å². The van der Waals surface area contributed by atoms with Gasteiger partial charge in [-0.1, -0.05) is 11.6 Å². The third-order valence-electron chi connectivity index (χ3n) is 3.25. The van der Waals surface area contributed by atoms with Crippen molar-refractivity contribution in [3.05, 3.63) is 28.8 Å². The first-order valence-electron chi connectivity index (χ1n) is 6.31. The summed E-state index contributed by atoms with van der Waals surface area (Å²) in [4.78, 5) is 14.3. The first kappa shape index (κ1) is 18.2. The van der Waals surface area contributed by atoms with Gasteiger partial charge in [0.15, 0.2) is 9.84 Å². The second kappa shape index (κ2) is 6.96. The number of hydrogen-bond acceptors (Lipinski definition) is 4. The fourth-order valence-corrected chi connectivity index (χ4v) is 3.03. The molecule has 2 rings (SSSR count). The Kier molecular flexibility index (Phi) is 6.04. The van der Waals surface area contributed by atoms with Crippen LogP contribution >= 0.6 is 24.0 Å². The number of nitrogens with zero attached hydrogens (tertiary/aromatic N) is 1. The topological polar surface area (TPSA) is 66.5 Å². The molecule has 21 heavy (non-hydrogen) atoms. The lowest BCUT2D eigenvalue weighted by Crippen LogP contribution is -2.51. The van der Waals surface area contributed by atoms with Crippen molar-refractivity contribution in [1.29, 1.82) is 0 Å². The largest absolute Gasteiger partial charge is 0.336 e. The summed E-state index contributed by atoms with van der Waals surface area (Å²) >= 11 is 6.04. The molecule has 0 spiro atoms. The SMILES string of the molecule is CC1CN(C(=O)c2cc(S(C)(=O)=O)ccc2Cl)CCN1.Cl. The highest BCUT2D eigenvalue weighted by Gasteiger charge is 2.24. The molecule has 1 aromatic rings. The van der Waals surface area contributed by atoms with Crippen molar-refractivity contribution in [2.75, 3.05) is 25.9 Å². The number of hydrogen-bond donors (Lipinski definition) is 1. The Morgan fingerprint density at radius 2 is 2.10 bits per heavy atom. The number of piperazine rings is 1. The monoisotopic (exact) mass is 352 g/mol. The van der Waals surface area contributed by atoms with Crippen LogP contribution < -0.4 is 5.32 Å². The molecule has 1 heterocycles. The number of amides is 1. The maximum Gasteiger partial charge on any atom is 0.255 e. The van der Waals surface area contributed by atoms with Gasteiger partial charge < -0.3 is 10.2 Å². The molecule has 118 valence electrons. The standard InChI is InChI=1S/C13H17ClN2O3S.ClH/c1-9-8-16(6-5-15-9)13(17)11-7-10(20(2,18)19)3-4-12(11)14;/h3-4,7,9,15H,5-6,8H2,1-2H3;1H. The Morgan fingerprint density at radius 1 is 1.43 bits per heavy atom.